The number of methoxy groups -OCH3 is 1. The molecule has 0 amide bonds. The SMILES string of the molecule is COCC1CN(c2nc3c(cc2F)c(=O)c(C(C)=O)cn3C2CC2)CC1CN. The van der Waals surface area contributed by atoms with E-state index >= 15 is 0 Å². The van der Waals surface area contributed by atoms with E-state index in [0.717, 1.165) is 12.8 Å². The van der Waals surface area contributed by atoms with Crippen LogP contribution in [0, 0.1) is 17.7 Å². The van der Waals surface area contributed by atoms with Gasteiger partial charge in [-0.15, -0.1) is 0 Å². The molecule has 1 aliphatic carbocycles. The molecule has 2 aliphatic rings. The summed E-state index contributed by atoms with van der Waals surface area (Å²) in [6.45, 7) is 3.60. The highest BCUT2D eigenvalue weighted by atomic mass is 19.1. The van der Waals surface area contributed by atoms with Crippen LogP contribution in [0.1, 0.15) is 36.2 Å². The lowest BCUT2D eigenvalue weighted by molar-refractivity contribution is 0.101. The molecule has 0 spiro atoms. The zero-order valence-corrected chi connectivity index (χ0v) is 16.2. The van der Waals surface area contributed by atoms with Crippen LogP contribution < -0.4 is 16.1 Å². The fraction of sp³-hybridized carbons (Fsp3) is 0.550. The molecular formula is C20H25FN4O3. The van der Waals surface area contributed by atoms with E-state index in [1.54, 1.807) is 13.3 Å². The van der Waals surface area contributed by atoms with Gasteiger partial charge in [0.2, 0.25) is 5.43 Å². The maximum absolute atomic E-state index is 15.0. The molecule has 4 rings (SSSR count). The third-order valence-electron chi connectivity index (χ3n) is 5.82. The summed E-state index contributed by atoms with van der Waals surface area (Å²) in [7, 11) is 1.64. The number of anilines is 1. The summed E-state index contributed by atoms with van der Waals surface area (Å²) in [5.41, 5.74) is 5.94. The lowest BCUT2D eigenvalue weighted by atomic mass is 9.97. The minimum absolute atomic E-state index is 0.0814. The van der Waals surface area contributed by atoms with Crippen molar-refractivity contribution >= 4 is 22.6 Å². The summed E-state index contributed by atoms with van der Waals surface area (Å²) in [5.74, 6) is -0.242. The second-order valence-electron chi connectivity index (χ2n) is 7.85. The third kappa shape index (κ3) is 3.20. The maximum Gasteiger partial charge on any atom is 0.201 e. The number of hydrogen-bond donors (Lipinski definition) is 1. The van der Waals surface area contributed by atoms with Crippen molar-refractivity contribution in [2.24, 2.45) is 17.6 Å². The number of pyridine rings is 2. The fourth-order valence-electron chi connectivity index (χ4n) is 4.12. The number of halogens is 1. The molecule has 2 fully saturated rings. The number of carbonyl (C=O) groups is 1. The van der Waals surface area contributed by atoms with E-state index in [0.29, 0.717) is 31.9 Å². The summed E-state index contributed by atoms with van der Waals surface area (Å²) in [5, 5.41) is 0.156. The second kappa shape index (κ2) is 7.25. The maximum atomic E-state index is 15.0. The van der Waals surface area contributed by atoms with E-state index in [1.807, 2.05) is 9.47 Å². The summed E-state index contributed by atoms with van der Waals surface area (Å²) in [6.07, 6.45) is 3.50. The van der Waals surface area contributed by atoms with Crippen molar-refractivity contribution in [2.75, 3.05) is 38.3 Å². The van der Waals surface area contributed by atoms with Crippen LogP contribution in [0.5, 0.6) is 0 Å². The number of rotatable bonds is 6. The molecule has 2 aromatic heterocycles. The number of hydrogen-bond acceptors (Lipinski definition) is 6. The predicted octanol–water partition coefficient (Wildman–Crippen LogP) is 1.73. The third-order valence-corrected chi connectivity index (χ3v) is 5.82. The molecule has 7 nitrogen and oxygen atoms in total. The molecule has 8 heteroatoms. The van der Waals surface area contributed by atoms with Crippen LogP contribution in [0.4, 0.5) is 10.2 Å². The van der Waals surface area contributed by atoms with Crippen molar-refractivity contribution in [3.05, 3.63) is 33.9 Å². The number of ketones is 1. The number of nitrogens with two attached hydrogens (primary N) is 1. The minimum Gasteiger partial charge on any atom is -0.384 e. The van der Waals surface area contributed by atoms with Crippen LogP contribution in [0.15, 0.2) is 17.1 Å². The highest BCUT2D eigenvalue weighted by molar-refractivity contribution is 5.97. The van der Waals surface area contributed by atoms with Gasteiger partial charge in [0.25, 0.3) is 0 Å². The topological polar surface area (TPSA) is 90.5 Å². The van der Waals surface area contributed by atoms with Gasteiger partial charge in [-0.05, 0) is 38.3 Å². The first kappa shape index (κ1) is 19.0. The first-order valence-electron chi connectivity index (χ1n) is 9.64. The average Bonchev–Trinajstić information content (AvgIpc) is 3.42. The summed E-state index contributed by atoms with van der Waals surface area (Å²) in [6, 6.07) is 1.43. The van der Waals surface area contributed by atoms with Gasteiger partial charge >= 0.3 is 0 Å². The minimum atomic E-state index is -0.554. The molecule has 0 bridgehead atoms. The van der Waals surface area contributed by atoms with Gasteiger partial charge in [-0.2, -0.15) is 0 Å². The number of nitrogens with zero attached hydrogens (tertiary/aromatic N) is 3. The second-order valence-corrected chi connectivity index (χ2v) is 7.85. The van der Waals surface area contributed by atoms with Gasteiger partial charge < -0.3 is 19.9 Å². The normalized spacial score (nSPS) is 22.2. The molecule has 1 saturated heterocycles. The Morgan fingerprint density at radius 3 is 2.68 bits per heavy atom. The smallest absolute Gasteiger partial charge is 0.201 e. The van der Waals surface area contributed by atoms with Gasteiger partial charge in [-0.25, -0.2) is 9.37 Å². The number of carbonyl (C=O) groups excluding carboxylic acids is 1. The first-order chi connectivity index (χ1) is 13.4. The van der Waals surface area contributed by atoms with Crippen molar-refractivity contribution in [1.82, 2.24) is 9.55 Å². The fourth-order valence-corrected chi connectivity index (χ4v) is 4.12. The lowest BCUT2D eigenvalue weighted by Crippen LogP contribution is -2.26. The summed E-state index contributed by atoms with van der Waals surface area (Å²) < 4.78 is 22.1. The zero-order valence-electron chi connectivity index (χ0n) is 16.2. The Balaban J connectivity index is 1.82. The molecular weight excluding hydrogens is 363 g/mol. The van der Waals surface area contributed by atoms with E-state index < -0.39 is 11.2 Å². The largest absolute Gasteiger partial charge is 0.384 e. The lowest BCUT2D eigenvalue weighted by Gasteiger charge is -2.20. The van der Waals surface area contributed by atoms with Gasteiger partial charge in [0, 0.05) is 38.4 Å². The van der Waals surface area contributed by atoms with Gasteiger partial charge in [0.05, 0.1) is 17.6 Å². The van der Waals surface area contributed by atoms with Gasteiger partial charge in [-0.1, -0.05) is 0 Å². The van der Waals surface area contributed by atoms with E-state index in [9.17, 15) is 14.0 Å². The highest BCUT2D eigenvalue weighted by Crippen LogP contribution is 2.37. The van der Waals surface area contributed by atoms with E-state index in [-0.39, 0.29) is 40.4 Å². The quantitative estimate of drug-likeness (QED) is 0.758. The summed E-state index contributed by atoms with van der Waals surface area (Å²) >= 11 is 0. The molecule has 2 atom stereocenters. The molecule has 2 unspecified atom stereocenters. The van der Waals surface area contributed by atoms with Crippen LogP contribution in [0.25, 0.3) is 11.0 Å². The Morgan fingerprint density at radius 2 is 2.07 bits per heavy atom. The molecule has 3 heterocycles. The Labute approximate surface area is 162 Å². The average molecular weight is 388 g/mol. The molecule has 2 N–H and O–H groups in total. The number of aromatic nitrogens is 2. The number of fused-ring (bicyclic) bond motifs is 1. The van der Waals surface area contributed by atoms with Crippen LogP contribution in [0.3, 0.4) is 0 Å². The Kier molecular flexibility index (Phi) is 4.93. The van der Waals surface area contributed by atoms with Gasteiger partial charge in [0.1, 0.15) is 5.65 Å². The molecule has 0 radical (unpaired) electrons. The Hall–Kier alpha value is -2.32. The molecule has 1 saturated carbocycles. The monoisotopic (exact) mass is 388 g/mol. The van der Waals surface area contributed by atoms with E-state index in [2.05, 4.69) is 4.98 Å². The molecule has 150 valence electrons. The Morgan fingerprint density at radius 1 is 1.36 bits per heavy atom. The van der Waals surface area contributed by atoms with Crippen molar-refractivity contribution in [1.29, 1.82) is 0 Å². The standard InChI is InChI=1S/C20H25FN4O3/c1-11(26)16-9-25(14-3-4-14)19-15(18(16)27)5-17(21)20(23-19)24-7-12(6-22)13(8-24)10-28-2/h5,9,12-14H,3-4,6-8,10,22H2,1-2H3. The van der Waals surface area contributed by atoms with E-state index in [1.165, 1.54) is 13.0 Å². The molecule has 1 aliphatic heterocycles. The van der Waals surface area contributed by atoms with Crippen molar-refractivity contribution in [3.8, 4) is 0 Å². The van der Waals surface area contributed by atoms with Gasteiger partial charge in [0.15, 0.2) is 17.4 Å². The predicted molar refractivity (Wildman–Crippen MR) is 104 cm³/mol. The number of Topliss-reactive ketones (excluding diaryl/α,β-unsaturated/α-hetero) is 1. The van der Waals surface area contributed by atoms with E-state index in [4.69, 9.17) is 10.5 Å². The number of ether oxygens (including phenoxy) is 1. The first-order valence-corrected chi connectivity index (χ1v) is 9.64. The van der Waals surface area contributed by atoms with Crippen LogP contribution in [0.2, 0.25) is 0 Å². The van der Waals surface area contributed by atoms with Crippen molar-refractivity contribution in [3.63, 3.8) is 0 Å². The zero-order chi connectivity index (χ0) is 20.0. The van der Waals surface area contributed by atoms with Crippen LogP contribution >= 0.6 is 0 Å². The van der Waals surface area contributed by atoms with Crippen LogP contribution in [-0.4, -0.2) is 48.7 Å². The molecule has 28 heavy (non-hydrogen) atoms. The molecule has 0 aromatic carbocycles. The summed E-state index contributed by atoms with van der Waals surface area (Å²) in [4.78, 5) is 31.0. The Bertz CT molecular complexity index is 986. The van der Waals surface area contributed by atoms with Gasteiger partial charge in [-0.3, -0.25) is 9.59 Å². The molecule has 2 aromatic rings. The van der Waals surface area contributed by atoms with Crippen molar-refractivity contribution in [2.45, 2.75) is 25.8 Å². The van der Waals surface area contributed by atoms with Crippen LogP contribution in [-0.2, 0) is 4.74 Å². The highest BCUT2D eigenvalue weighted by Gasteiger charge is 2.34. The van der Waals surface area contributed by atoms with Crippen molar-refractivity contribution < 1.29 is 13.9 Å².